The lowest BCUT2D eigenvalue weighted by Gasteiger charge is -2.47. The molecule has 29 heavy (non-hydrogen) atoms. The highest BCUT2D eigenvalue weighted by molar-refractivity contribution is 5.89. The Morgan fingerprint density at radius 3 is 2.38 bits per heavy atom. The monoisotopic (exact) mass is 407 g/mol. The van der Waals surface area contributed by atoms with E-state index in [4.69, 9.17) is 9.47 Å². The van der Waals surface area contributed by atoms with E-state index in [1.807, 2.05) is 51.1 Å². The van der Waals surface area contributed by atoms with E-state index < -0.39 is 12.4 Å². The first kappa shape index (κ1) is 23.0. The zero-order valence-electron chi connectivity index (χ0n) is 17.9. The van der Waals surface area contributed by atoms with Gasteiger partial charge in [0.1, 0.15) is 0 Å². The van der Waals surface area contributed by atoms with Crippen molar-refractivity contribution >= 4 is 17.8 Å². The number of methoxy groups -OCH3 is 2. The zero-order valence-corrected chi connectivity index (χ0v) is 17.9. The minimum atomic E-state index is -0.921. The van der Waals surface area contributed by atoms with E-state index in [2.05, 4.69) is 5.32 Å². The van der Waals surface area contributed by atoms with Gasteiger partial charge in [-0.25, -0.2) is 9.59 Å². The Labute approximate surface area is 172 Å². The van der Waals surface area contributed by atoms with Crippen molar-refractivity contribution in [3.63, 3.8) is 0 Å². The lowest BCUT2D eigenvalue weighted by atomic mass is 9.79. The molecule has 2 unspecified atom stereocenters. The molecule has 1 aliphatic heterocycles. The molecule has 0 spiro atoms. The van der Waals surface area contributed by atoms with Gasteiger partial charge in [0.05, 0.1) is 6.54 Å². The van der Waals surface area contributed by atoms with Crippen molar-refractivity contribution in [1.29, 1.82) is 0 Å². The first-order valence-electron chi connectivity index (χ1n) is 9.85. The Bertz CT molecular complexity index is 673. The second-order valence-corrected chi connectivity index (χ2v) is 8.39. The Kier molecular flexibility index (Phi) is 7.87. The van der Waals surface area contributed by atoms with Gasteiger partial charge in [0.2, 0.25) is 0 Å². The highest BCUT2D eigenvalue weighted by Crippen LogP contribution is 2.34. The van der Waals surface area contributed by atoms with E-state index in [1.54, 1.807) is 4.90 Å². The summed E-state index contributed by atoms with van der Waals surface area (Å²) in [5.41, 5.74) is 0.449. The SMILES string of the molecule is COC(CN(C(=O)Nc1ccccc1)C1CCN(C(=O)O)C(C(C)(C)C)C1)OC. The molecular formula is C21H33N3O5. The number of urea groups is 1. The van der Waals surface area contributed by atoms with E-state index in [-0.39, 0.29) is 30.1 Å². The van der Waals surface area contributed by atoms with E-state index >= 15 is 0 Å². The number of para-hydroxylation sites is 1. The highest BCUT2D eigenvalue weighted by Gasteiger charge is 2.41. The van der Waals surface area contributed by atoms with Crippen molar-refractivity contribution < 1.29 is 24.2 Å². The van der Waals surface area contributed by atoms with Crippen LogP contribution in [-0.2, 0) is 9.47 Å². The standard InChI is InChI=1S/C21H33N3O5/c1-21(2,3)17-13-16(11-12-23(17)20(26)27)24(14-18(28-4)29-5)19(25)22-15-9-7-6-8-10-15/h6-10,16-18H,11-14H2,1-5H3,(H,22,25)(H,26,27). The lowest BCUT2D eigenvalue weighted by molar-refractivity contribution is -0.116. The molecule has 1 saturated heterocycles. The predicted molar refractivity (Wildman–Crippen MR) is 111 cm³/mol. The molecule has 2 rings (SSSR count). The maximum Gasteiger partial charge on any atom is 0.407 e. The smallest absolute Gasteiger partial charge is 0.407 e. The second-order valence-electron chi connectivity index (χ2n) is 8.39. The third-order valence-electron chi connectivity index (χ3n) is 5.42. The van der Waals surface area contributed by atoms with Crippen LogP contribution in [0.5, 0.6) is 0 Å². The molecule has 0 aromatic heterocycles. The summed E-state index contributed by atoms with van der Waals surface area (Å²) in [6.45, 7) is 6.70. The molecule has 2 N–H and O–H groups in total. The van der Waals surface area contributed by atoms with E-state index in [1.165, 1.54) is 19.1 Å². The van der Waals surface area contributed by atoms with E-state index in [0.29, 0.717) is 25.1 Å². The number of piperidine rings is 1. The quantitative estimate of drug-likeness (QED) is 0.702. The summed E-state index contributed by atoms with van der Waals surface area (Å²) in [5.74, 6) is 0. The molecule has 0 bridgehead atoms. The van der Waals surface area contributed by atoms with Crippen LogP contribution in [0.15, 0.2) is 30.3 Å². The molecule has 0 aliphatic carbocycles. The summed E-state index contributed by atoms with van der Waals surface area (Å²) in [6.07, 6.45) is -0.378. The fourth-order valence-corrected chi connectivity index (χ4v) is 3.80. The molecule has 1 fully saturated rings. The maximum atomic E-state index is 13.1. The molecule has 0 saturated carbocycles. The summed E-state index contributed by atoms with van der Waals surface area (Å²) in [4.78, 5) is 28.1. The molecule has 2 atom stereocenters. The topological polar surface area (TPSA) is 91.3 Å². The average molecular weight is 408 g/mol. The largest absolute Gasteiger partial charge is 0.465 e. The fourth-order valence-electron chi connectivity index (χ4n) is 3.80. The average Bonchev–Trinajstić information content (AvgIpc) is 2.68. The number of rotatable bonds is 6. The number of amides is 3. The molecule has 1 aromatic carbocycles. The third kappa shape index (κ3) is 6.08. The van der Waals surface area contributed by atoms with Gasteiger partial charge in [-0.15, -0.1) is 0 Å². The number of benzene rings is 1. The van der Waals surface area contributed by atoms with Gasteiger partial charge in [-0.3, -0.25) is 0 Å². The van der Waals surface area contributed by atoms with Gasteiger partial charge < -0.3 is 29.7 Å². The van der Waals surface area contributed by atoms with Gasteiger partial charge in [-0.05, 0) is 30.4 Å². The van der Waals surface area contributed by atoms with Crippen LogP contribution in [0.3, 0.4) is 0 Å². The van der Waals surface area contributed by atoms with Gasteiger partial charge in [0.25, 0.3) is 0 Å². The zero-order chi connectivity index (χ0) is 21.6. The Morgan fingerprint density at radius 2 is 1.86 bits per heavy atom. The van der Waals surface area contributed by atoms with Crippen LogP contribution in [0, 0.1) is 5.41 Å². The van der Waals surface area contributed by atoms with Gasteiger partial charge in [0.15, 0.2) is 6.29 Å². The first-order chi connectivity index (χ1) is 13.7. The van der Waals surface area contributed by atoms with E-state index in [9.17, 15) is 14.7 Å². The number of hydrogen-bond donors (Lipinski definition) is 2. The molecular weight excluding hydrogens is 374 g/mol. The Morgan fingerprint density at radius 1 is 1.24 bits per heavy atom. The maximum absolute atomic E-state index is 13.1. The Hall–Kier alpha value is -2.32. The van der Waals surface area contributed by atoms with Crippen LogP contribution in [0.4, 0.5) is 15.3 Å². The summed E-state index contributed by atoms with van der Waals surface area (Å²) in [5, 5.41) is 12.5. The Balaban J connectivity index is 2.25. The molecule has 1 aromatic rings. The number of ether oxygens (including phenoxy) is 2. The third-order valence-corrected chi connectivity index (χ3v) is 5.42. The normalized spacial score (nSPS) is 19.9. The van der Waals surface area contributed by atoms with Crippen LogP contribution < -0.4 is 5.32 Å². The highest BCUT2D eigenvalue weighted by atomic mass is 16.7. The van der Waals surface area contributed by atoms with Crippen LogP contribution in [0.1, 0.15) is 33.6 Å². The van der Waals surface area contributed by atoms with Crippen LogP contribution in [-0.4, -0.2) is 72.7 Å². The van der Waals surface area contributed by atoms with Gasteiger partial charge in [-0.2, -0.15) is 0 Å². The molecule has 1 heterocycles. The number of likely N-dealkylation sites (tertiary alicyclic amines) is 1. The van der Waals surface area contributed by atoms with Crippen LogP contribution in [0.25, 0.3) is 0 Å². The number of carbonyl (C=O) groups excluding carboxylic acids is 1. The fraction of sp³-hybridized carbons (Fsp3) is 0.619. The minimum Gasteiger partial charge on any atom is -0.465 e. The molecule has 8 heteroatoms. The molecule has 162 valence electrons. The molecule has 1 aliphatic rings. The number of carbonyl (C=O) groups is 2. The summed E-state index contributed by atoms with van der Waals surface area (Å²) in [7, 11) is 3.07. The van der Waals surface area contributed by atoms with Crippen molar-refractivity contribution in [1.82, 2.24) is 9.80 Å². The number of nitrogens with one attached hydrogen (secondary N) is 1. The molecule has 8 nitrogen and oxygen atoms in total. The molecule has 3 amide bonds. The minimum absolute atomic E-state index is 0.133. The van der Waals surface area contributed by atoms with Crippen LogP contribution in [0.2, 0.25) is 0 Å². The van der Waals surface area contributed by atoms with Crippen molar-refractivity contribution in [2.24, 2.45) is 5.41 Å². The summed E-state index contributed by atoms with van der Waals surface area (Å²) < 4.78 is 10.7. The van der Waals surface area contributed by atoms with Crippen molar-refractivity contribution in [2.45, 2.75) is 52.0 Å². The second kappa shape index (κ2) is 9.93. The number of hydrogen-bond acceptors (Lipinski definition) is 4. The van der Waals surface area contributed by atoms with Crippen molar-refractivity contribution in [3.8, 4) is 0 Å². The van der Waals surface area contributed by atoms with Crippen molar-refractivity contribution in [3.05, 3.63) is 30.3 Å². The van der Waals surface area contributed by atoms with Crippen molar-refractivity contribution in [2.75, 3.05) is 32.6 Å². The van der Waals surface area contributed by atoms with E-state index in [0.717, 1.165) is 0 Å². The first-order valence-corrected chi connectivity index (χ1v) is 9.85. The number of carboxylic acid groups (broad SMARTS) is 1. The number of anilines is 1. The van der Waals surface area contributed by atoms with Gasteiger partial charge >= 0.3 is 12.1 Å². The lowest BCUT2D eigenvalue weighted by Crippen LogP contribution is -2.58. The van der Waals surface area contributed by atoms with Crippen LogP contribution >= 0.6 is 0 Å². The summed E-state index contributed by atoms with van der Waals surface area (Å²) in [6, 6.07) is 8.66. The number of nitrogens with zero attached hydrogens (tertiary/aromatic N) is 2. The van der Waals surface area contributed by atoms with Gasteiger partial charge in [0, 0.05) is 38.5 Å². The summed E-state index contributed by atoms with van der Waals surface area (Å²) >= 11 is 0. The van der Waals surface area contributed by atoms with Gasteiger partial charge in [-0.1, -0.05) is 39.0 Å². The molecule has 0 radical (unpaired) electrons. The predicted octanol–water partition coefficient (Wildman–Crippen LogP) is 3.70.